The van der Waals surface area contributed by atoms with Crippen LogP contribution in [0, 0.1) is 5.92 Å². The predicted octanol–water partition coefficient (Wildman–Crippen LogP) is -0.384. The molecule has 1 amide bonds. The fraction of sp³-hybridized carbons (Fsp3) is 0.667. The highest BCUT2D eigenvalue weighted by Crippen LogP contribution is 2.16. The molecule has 2 heterocycles. The monoisotopic (exact) mass is 209 g/mol. The van der Waals surface area contributed by atoms with Gasteiger partial charge in [-0.25, -0.2) is 0 Å². The number of nitrogens with two attached hydrogens (primary N) is 1. The van der Waals surface area contributed by atoms with Gasteiger partial charge in [0, 0.05) is 13.1 Å². The van der Waals surface area contributed by atoms with Gasteiger partial charge in [-0.05, 0) is 25.3 Å². The van der Waals surface area contributed by atoms with Crippen LogP contribution in [0.4, 0.5) is 0 Å². The lowest BCUT2D eigenvalue weighted by Crippen LogP contribution is -2.42. The minimum absolute atomic E-state index is 0.0538. The highest BCUT2D eigenvalue weighted by molar-refractivity contribution is 5.91. The number of nitrogens with one attached hydrogen (secondary N) is 1. The van der Waals surface area contributed by atoms with E-state index in [4.69, 9.17) is 5.73 Å². The van der Waals surface area contributed by atoms with Crippen molar-refractivity contribution >= 4 is 5.91 Å². The van der Waals surface area contributed by atoms with E-state index in [0.717, 1.165) is 25.9 Å². The molecule has 1 atom stereocenters. The Morgan fingerprint density at radius 3 is 3.27 bits per heavy atom. The smallest absolute Gasteiger partial charge is 0.276 e. The maximum atomic E-state index is 11.9. The van der Waals surface area contributed by atoms with Crippen molar-refractivity contribution < 1.29 is 4.79 Å². The van der Waals surface area contributed by atoms with Gasteiger partial charge in [0.2, 0.25) is 0 Å². The summed E-state index contributed by atoms with van der Waals surface area (Å²) in [6.45, 7) is 2.17. The first-order valence-corrected chi connectivity index (χ1v) is 5.16. The van der Waals surface area contributed by atoms with Gasteiger partial charge in [-0.15, -0.1) is 0 Å². The van der Waals surface area contributed by atoms with Crippen LogP contribution in [-0.4, -0.2) is 45.9 Å². The van der Waals surface area contributed by atoms with Gasteiger partial charge >= 0.3 is 0 Å². The summed E-state index contributed by atoms with van der Waals surface area (Å²) in [4.78, 5) is 13.7. The van der Waals surface area contributed by atoms with Crippen LogP contribution in [0.15, 0.2) is 6.20 Å². The van der Waals surface area contributed by atoms with Gasteiger partial charge in [0.25, 0.3) is 5.91 Å². The predicted molar refractivity (Wildman–Crippen MR) is 54.1 cm³/mol. The van der Waals surface area contributed by atoms with E-state index >= 15 is 0 Å². The number of rotatable bonds is 2. The number of carbonyl (C=O) groups is 1. The van der Waals surface area contributed by atoms with Crippen LogP contribution < -0.4 is 5.73 Å². The van der Waals surface area contributed by atoms with Gasteiger partial charge in [-0.1, -0.05) is 0 Å². The van der Waals surface area contributed by atoms with Crippen molar-refractivity contribution in [1.82, 2.24) is 20.3 Å². The quantitative estimate of drug-likeness (QED) is 0.694. The van der Waals surface area contributed by atoms with Gasteiger partial charge in [0.15, 0.2) is 5.69 Å². The molecule has 0 aliphatic carbocycles. The van der Waals surface area contributed by atoms with Crippen LogP contribution in [0.3, 0.4) is 0 Å². The molecule has 1 fully saturated rings. The van der Waals surface area contributed by atoms with Gasteiger partial charge in [-0.3, -0.25) is 4.79 Å². The summed E-state index contributed by atoms with van der Waals surface area (Å²) in [6, 6.07) is 0. The minimum Gasteiger partial charge on any atom is -0.337 e. The van der Waals surface area contributed by atoms with Crippen LogP contribution in [-0.2, 0) is 0 Å². The third kappa shape index (κ3) is 2.15. The van der Waals surface area contributed by atoms with Gasteiger partial charge in [0.1, 0.15) is 0 Å². The first-order chi connectivity index (χ1) is 7.31. The molecular weight excluding hydrogens is 194 g/mol. The zero-order valence-electron chi connectivity index (χ0n) is 8.52. The normalized spacial score (nSPS) is 21.7. The Balaban J connectivity index is 2.01. The van der Waals surface area contributed by atoms with E-state index in [1.165, 1.54) is 6.20 Å². The minimum atomic E-state index is -0.0538. The van der Waals surface area contributed by atoms with E-state index in [2.05, 4.69) is 15.4 Å². The van der Waals surface area contributed by atoms with Crippen molar-refractivity contribution in [2.45, 2.75) is 12.8 Å². The molecule has 82 valence electrons. The summed E-state index contributed by atoms with van der Waals surface area (Å²) in [5.74, 6) is 0.372. The molecular formula is C9H15N5O. The summed E-state index contributed by atoms with van der Waals surface area (Å²) in [6.07, 6.45) is 3.58. The summed E-state index contributed by atoms with van der Waals surface area (Å²) in [7, 11) is 0. The molecule has 1 aromatic rings. The van der Waals surface area contributed by atoms with Crippen LogP contribution in [0.5, 0.6) is 0 Å². The molecule has 3 N–H and O–H groups in total. The molecule has 1 saturated heterocycles. The van der Waals surface area contributed by atoms with Crippen molar-refractivity contribution in [2.75, 3.05) is 19.6 Å². The van der Waals surface area contributed by atoms with Crippen LogP contribution in [0.25, 0.3) is 0 Å². The van der Waals surface area contributed by atoms with E-state index in [9.17, 15) is 4.79 Å². The number of aromatic amines is 1. The number of aromatic nitrogens is 3. The summed E-state index contributed by atoms with van der Waals surface area (Å²) < 4.78 is 0. The largest absolute Gasteiger partial charge is 0.337 e. The number of hydrogen-bond donors (Lipinski definition) is 2. The molecule has 1 unspecified atom stereocenters. The first-order valence-electron chi connectivity index (χ1n) is 5.16. The number of H-pyrrole nitrogens is 1. The topological polar surface area (TPSA) is 87.9 Å². The molecule has 1 aromatic heterocycles. The van der Waals surface area contributed by atoms with E-state index in [1.807, 2.05) is 0 Å². The number of nitrogens with zero attached hydrogens (tertiary/aromatic N) is 3. The molecule has 0 radical (unpaired) electrons. The molecule has 0 bridgehead atoms. The molecule has 0 saturated carbocycles. The lowest BCUT2D eigenvalue weighted by Gasteiger charge is -2.31. The summed E-state index contributed by atoms with van der Waals surface area (Å²) in [5, 5.41) is 9.86. The molecule has 1 aliphatic rings. The number of hydrogen-bond acceptors (Lipinski definition) is 4. The van der Waals surface area contributed by atoms with Crippen molar-refractivity contribution in [3.05, 3.63) is 11.9 Å². The maximum absolute atomic E-state index is 11.9. The maximum Gasteiger partial charge on any atom is 0.276 e. The van der Waals surface area contributed by atoms with Crippen molar-refractivity contribution in [1.29, 1.82) is 0 Å². The summed E-state index contributed by atoms with van der Waals surface area (Å²) >= 11 is 0. The molecule has 6 heteroatoms. The zero-order valence-corrected chi connectivity index (χ0v) is 8.52. The second-order valence-corrected chi connectivity index (χ2v) is 3.85. The van der Waals surface area contributed by atoms with E-state index in [0.29, 0.717) is 18.2 Å². The Kier molecular flexibility index (Phi) is 2.96. The Labute approximate surface area is 87.8 Å². The highest BCUT2D eigenvalue weighted by Gasteiger charge is 2.24. The van der Waals surface area contributed by atoms with E-state index in [1.54, 1.807) is 4.90 Å². The first kappa shape index (κ1) is 10.1. The third-order valence-corrected chi connectivity index (χ3v) is 2.77. The average Bonchev–Trinajstić information content (AvgIpc) is 2.81. The second kappa shape index (κ2) is 4.39. The number of likely N-dealkylation sites (tertiary alicyclic amines) is 1. The van der Waals surface area contributed by atoms with Gasteiger partial charge in [-0.2, -0.15) is 15.4 Å². The number of amides is 1. The molecule has 0 spiro atoms. The molecule has 0 aromatic carbocycles. The average molecular weight is 209 g/mol. The van der Waals surface area contributed by atoms with E-state index in [-0.39, 0.29) is 5.91 Å². The Morgan fingerprint density at radius 1 is 1.73 bits per heavy atom. The highest BCUT2D eigenvalue weighted by atomic mass is 16.2. The Hall–Kier alpha value is -1.43. The van der Waals surface area contributed by atoms with Crippen molar-refractivity contribution in [3.63, 3.8) is 0 Å². The summed E-state index contributed by atoms with van der Waals surface area (Å²) in [5.41, 5.74) is 5.99. The zero-order chi connectivity index (χ0) is 10.7. The van der Waals surface area contributed by atoms with Crippen LogP contribution >= 0.6 is 0 Å². The number of piperidine rings is 1. The standard InChI is InChI=1S/C9H15N5O/c10-4-7-2-1-3-14(6-7)9(15)8-5-11-13-12-8/h5,7H,1-4,6,10H2,(H,11,12,13). The lowest BCUT2D eigenvalue weighted by atomic mass is 9.98. The SMILES string of the molecule is NCC1CCCN(C(=O)c2cn[nH]n2)C1. The fourth-order valence-corrected chi connectivity index (χ4v) is 1.91. The number of carbonyl (C=O) groups excluding carboxylic acids is 1. The van der Waals surface area contributed by atoms with Crippen molar-refractivity contribution in [3.8, 4) is 0 Å². The Morgan fingerprint density at radius 2 is 2.60 bits per heavy atom. The van der Waals surface area contributed by atoms with E-state index < -0.39 is 0 Å². The second-order valence-electron chi connectivity index (χ2n) is 3.85. The Bertz CT molecular complexity index is 323. The fourth-order valence-electron chi connectivity index (χ4n) is 1.91. The molecule has 15 heavy (non-hydrogen) atoms. The lowest BCUT2D eigenvalue weighted by molar-refractivity contribution is 0.0672. The van der Waals surface area contributed by atoms with Gasteiger partial charge in [0.05, 0.1) is 6.20 Å². The molecule has 2 rings (SSSR count). The molecule has 1 aliphatic heterocycles. The van der Waals surface area contributed by atoms with Gasteiger partial charge < -0.3 is 10.6 Å². The third-order valence-electron chi connectivity index (χ3n) is 2.77. The van der Waals surface area contributed by atoms with Crippen molar-refractivity contribution in [2.24, 2.45) is 11.7 Å². The molecule has 6 nitrogen and oxygen atoms in total. The van der Waals surface area contributed by atoms with Crippen LogP contribution in [0.1, 0.15) is 23.3 Å². The van der Waals surface area contributed by atoms with Crippen LogP contribution in [0.2, 0.25) is 0 Å².